The average molecular weight is 358 g/mol. The quantitative estimate of drug-likeness (QED) is 0.763. The molecular formula is C20H23FN2OS. The summed E-state index contributed by atoms with van der Waals surface area (Å²) in [7, 11) is 0. The van der Waals surface area contributed by atoms with Crippen LogP contribution >= 0.6 is 11.8 Å². The van der Waals surface area contributed by atoms with Crippen molar-refractivity contribution < 1.29 is 9.18 Å². The number of halogens is 1. The van der Waals surface area contributed by atoms with Crippen molar-refractivity contribution in [2.45, 2.75) is 23.8 Å². The Labute approximate surface area is 152 Å². The maximum atomic E-state index is 13.6. The second-order valence-electron chi connectivity index (χ2n) is 6.19. The van der Waals surface area contributed by atoms with Crippen LogP contribution in [0.5, 0.6) is 0 Å². The molecule has 1 aliphatic rings. The summed E-state index contributed by atoms with van der Waals surface area (Å²) >= 11 is 1.23. The molecule has 5 heteroatoms. The summed E-state index contributed by atoms with van der Waals surface area (Å²) in [6.45, 7) is 2.72. The molecule has 1 N–H and O–H groups in total. The zero-order chi connectivity index (χ0) is 17.5. The zero-order valence-corrected chi connectivity index (χ0v) is 15.0. The fourth-order valence-electron chi connectivity index (χ4n) is 3.15. The third-order valence-corrected chi connectivity index (χ3v) is 5.50. The van der Waals surface area contributed by atoms with Gasteiger partial charge in [-0.1, -0.05) is 42.5 Å². The van der Waals surface area contributed by atoms with Crippen LogP contribution in [0.2, 0.25) is 0 Å². The van der Waals surface area contributed by atoms with Gasteiger partial charge in [-0.3, -0.25) is 9.69 Å². The molecule has 1 saturated heterocycles. The highest BCUT2D eigenvalue weighted by Gasteiger charge is 2.23. The molecule has 0 radical (unpaired) electrons. The van der Waals surface area contributed by atoms with E-state index in [9.17, 15) is 9.18 Å². The molecule has 0 bridgehead atoms. The van der Waals surface area contributed by atoms with E-state index in [1.165, 1.54) is 36.2 Å². The van der Waals surface area contributed by atoms with Gasteiger partial charge in [-0.15, -0.1) is 11.8 Å². The summed E-state index contributed by atoms with van der Waals surface area (Å²) in [5.41, 5.74) is 1.23. The number of benzene rings is 2. The third-order valence-electron chi connectivity index (χ3n) is 4.45. The van der Waals surface area contributed by atoms with Crippen molar-refractivity contribution in [1.82, 2.24) is 10.2 Å². The van der Waals surface area contributed by atoms with E-state index in [1.807, 2.05) is 18.2 Å². The molecule has 2 aromatic carbocycles. The SMILES string of the molecule is O=C(CSc1ccccc1F)NC[C@@H](c1ccccc1)N1CCCC1. The molecule has 2 aromatic rings. The molecule has 3 nitrogen and oxygen atoms in total. The number of nitrogens with zero attached hydrogens (tertiary/aromatic N) is 1. The summed E-state index contributed by atoms with van der Waals surface area (Å²) in [5, 5.41) is 3.02. The first-order valence-corrected chi connectivity index (χ1v) is 9.65. The Balaban J connectivity index is 1.55. The fraction of sp³-hybridized carbons (Fsp3) is 0.350. The van der Waals surface area contributed by atoms with E-state index >= 15 is 0 Å². The molecule has 0 aliphatic carbocycles. The summed E-state index contributed by atoms with van der Waals surface area (Å²) < 4.78 is 13.6. The van der Waals surface area contributed by atoms with Gasteiger partial charge in [0.25, 0.3) is 0 Å². The van der Waals surface area contributed by atoms with Crippen molar-refractivity contribution >= 4 is 17.7 Å². The van der Waals surface area contributed by atoms with Gasteiger partial charge < -0.3 is 5.32 Å². The van der Waals surface area contributed by atoms with Crippen molar-refractivity contribution in [3.8, 4) is 0 Å². The number of likely N-dealkylation sites (tertiary alicyclic amines) is 1. The van der Waals surface area contributed by atoms with Gasteiger partial charge in [-0.2, -0.15) is 0 Å². The fourth-order valence-corrected chi connectivity index (χ4v) is 3.92. The Morgan fingerprint density at radius 3 is 2.48 bits per heavy atom. The number of hydrogen-bond donors (Lipinski definition) is 1. The van der Waals surface area contributed by atoms with Gasteiger partial charge in [-0.25, -0.2) is 4.39 Å². The van der Waals surface area contributed by atoms with Crippen LogP contribution in [0.3, 0.4) is 0 Å². The minimum Gasteiger partial charge on any atom is -0.353 e. The van der Waals surface area contributed by atoms with Gasteiger partial charge in [-0.05, 0) is 43.6 Å². The van der Waals surface area contributed by atoms with E-state index < -0.39 is 0 Å². The summed E-state index contributed by atoms with van der Waals surface area (Å²) in [5.74, 6) is -0.115. The first kappa shape index (κ1) is 18.0. The van der Waals surface area contributed by atoms with Crippen LogP contribution in [0.15, 0.2) is 59.5 Å². The Hall–Kier alpha value is -1.85. The van der Waals surface area contributed by atoms with Crippen molar-refractivity contribution in [3.63, 3.8) is 0 Å². The van der Waals surface area contributed by atoms with E-state index in [0.717, 1.165) is 13.1 Å². The smallest absolute Gasteiger partial charge is 0.230 e. The lowest BCUT2D eigenvalue weighted by Crippen LogP contribution is -2.37. The van der Waals surface area contributed by atoms with Gasteiger partial charge >= 0.3 is 0 Å². The molecule has 1 aliphatic heterocycles. The van der Waals surface area contributed by atoms with Crippen LogP contribution in [-0.4, -0.2) is 36.2 Å². The highest BCUT2D eigenvalue weighted by molar-refractivity contribution is 8.00. The predicted molar refractivity (Wildman–Crippen MR) is 100 cm³/mol. The monoisotopic (exact) mass is 358 g/mol. The maximum absolute atomic E-state index is 13.6. The van der Waals surface area contributed by atoms with E-state index in [1.54, 1.807) is 18.2 Å². The number of carbonyl (C=O) groups is 1. The number of hydrogen-bond acceptors (Lipinski definition) is 3. The number of rotatable bonds is 7. The van der Waals surface area contributed by atoms with Gasteiger partial charge in [0.2, 0.25) is 5.91 Å². The van der Waals surface area contributed by atoms with Crippen LogP contribution < -0.4 is 5.32 Å². The standard InChI is InChI=1S/C20H23FN2OS/c21-17-10-4-5-11-19(17)25-15-20(24)22-14-18(23-12-6-7-13-23)16-8-2-1-3-9-16/h1-5,8-11,18H,6-7,12-15H2,(H,22,24)/t18-/m0/s1. The third kappa shape index (κ3) is 5.06. The molecule has 0 unspecified atom stereocenters. The van der Waals surface area contributed by atoms with E-state index in [0.29, 0.717) is 11.4 Å². The first-order chi connectivity index (χ1) is 12.2. The maximum Gasteiger partial charge on any atom is 0.230 e. The number of nitrogens with one attached hydrogen (secondary N) is 1. The Morgan fingerprint density at radius 1 is 1.08 bits per heavy atom. The second-order valence-corrected chi connectivity index (χ2v) is 7.21. The largest absolute Gasteiger partial charge is 0.353 e. The van der Waals surface area contributed by atoms with E-state index in [2.05, 4.69) is 22.3 Å². The van der Waals surface area contributed by atoms with Gasteiger partial charge in [0.15, 0.2) is 0 Å². The molecule has 0 saturated carbocycles. The minimum absolute atomic E-state index is 0.0617. The Morgan fingerprint density at radius 2 is 1.76 bits per heavy atom. The summed E-state index contributed by atoms with van der Waals surface area (Å²) in [4.78, 5) is 15.1. The molecule has 25 heavy (non-hydrogen) atoms. The number of amides is 1. The van der Waals surface area contributed by atoms with Crippen LogP contribution in [0.25, 0.3) is 0 Å². The molecule has 1 fully saturated rings. The molecule has 0 spiro atoms. The van der Waals surface area contributed by atoms with Crippen molar-refractivity contribution in [3.05, 3.63) is 66.0 Å². The molecule has 1 heterocycles. The molecule has 132 valence electrons. The van der Waals surface area contributed by atoms with Crippen LogP contribution in [-0.2, 0) is 4.79 Å². The number of thioether (sulfide) groups is 1. The Bertz CT molecular complexity index is 689. The first-order valence-electron chi connectivity index (χ1n) is 8.67. The highest BCUT2D eigenvalue weighted by Crippen LogP contribution is 2.25. The zero-order valence-electron chi connectivity index (χ0n) is 14.2. The van der Waals surface area contributed by atoms with Crippen molar-refractivity contribution in [2.24, 2.45) is 0 Å². The van der Waals surface area contributed by atoms with E-state index in [4.69, 9.17) is 0 Å². The highest BCUT2D eigenvalue weighted by atomic mass is 32.2. The Kier molecular flexibility index (Phi) is 6.48. The molecule has 1 amide bonds. The van der Waals surface area contributed by atoms with Gasteiger partial charge in [0.05, 0.1) is 11.8 Å². The van der Waals surface area contributed by atoms with Crippen molar-refractivity contribution in [2.75, 3.05) is 25.4 Å². The summed E-state index contributed by atoms with van der Waals surface area (Å²) in [6.07, 6.45) is 2.42. The summed E-state index contributed by atoms with van der Waals surface area (Å²) in [6, 6.07) is 17.1. The van der Waals surface area contributed by atoms with Crippen LogP contribution in [0.1, 0.15) is 24.4 Å². The molecule has 1 atom stereocenters. The van der Waals surface area contributed by atoms with Crippen LogP contribution in [0.4, 0.5) is 4.39 Å². The lowest BCUT2D eigenvalue weighted by atomic mass is 10.1. The van der Waals surface area contributed by atoms with Crippen molar-refractivity contribution in [1.29, 1.82) is 0 Å². The average Bonchev–Trinajstić information content (AvgIpc) is 3.16. The second kappa shape index (κ2) is 9.02. The lowest BCUT2D eigenvalue weighted by molar-refractivity contribution is -0.118. The topological polar surface area (TPSA) is 32.3 Å². The molecular weight excluding hydrogens is 335 g/mol. The van der Waals surface area contributed by atoms with E-state index in [-0.39, 0.29) is 23.5 Å². The molecule has 0 aromatic heterocycles. The number of carbonyl (C=O) groups excluding carboxylic acids is 1. The van der Waals surface area contributed by atoms with Gasteiger partial charge in [0.1, 0.15) is 5.82 Å². The lowest BCUT2D eigenvalue weighted by Gasteiger charge is -2.28. The van der Waals surface area contributed by atoms with Gasteiger partial charge in [0, 0.05) is 11.4 Å². The normalized spacial score (nSPS) is 15.9. The molecule has 3 rings (SSSR count). The predicted octanol–water partition coefficient (Wildman–Crippen LogP) is 3.87. The minimum atomic E-state index is -0.278. The van der Waals surface area contributed by atoms with Crippen LogP contribution in [0, 0.1) is 5.82 Å².